The lowest BCUT2D eigenvalue weighted by molar-refractivity contribution is 0.201. The number of para-hydroxylation sites is 1. The molecule has 0 saturated carbocycles. The zero-order valence-corrected chi connectivity index (χ0v) is 16.1. The number of methoxy groups -OCH3 is 1. The van der Waals surface area contributed by atoms with Crippen LogP contribution in [0.5, 0.6) is 5.75 Å². The average Bonchev–Trinajstić information content (AvgIpc) is 2.61. The van der Waals surface area contributed by atoms with Crippen molar-refractivity contribution in [2.24, 2.45) is 0 Å². The average molecular weight is 368 g/mol. The van der Waals surface area contributed by atoms with Crippen molar-refractivity contribution in [2.75, 3.05) is 38.2 Å². The molecule has 0 aromatic heterocycles. The van der Waals surface area contributed by atoms with Gasteiger partial charge in [0.1, 0.15) is 5.75 Å². The Morgan fingerprint density at radius 1 is 1.28 bits per heavy atom. The van der Waals surface area contributed by atoms with Crippen LogP contribution in [0.4, 0.5) is 4.79 Å². The molecule has 0 spiro atoms. The summed E-state index contributed by atoms with van der Waals surface area (Å²) in [4.78, 5) is 13.8. The minimum absolute atomic E-state index is 0.0499. The van der Waals surface area contributed by atoms with Gasteiger partial charge in [0.05, 0.1) is 18.6 Å². The molecule has 2 rings (SSSR count). The monoisotopic (exact) mass is 368 g/mol. The van der Waals surface area contributed by atoms with E-state index in [0.29, 0.717) is 6.54 Å². The second-order valence-electron chi connectivity index (χ2n) is 6.74. The molecule has 1 heterocycles. The van der Waals surface area contributed by atoms with E-state index in [1.165, 1.54) is 0 Å². The number of urea groups is 1. The minimum atomic E-state index is -2.98. The number of nitrogens with zero attached hydrogens (tertiary/aromatic N) is 1. The summed E-state index contributed by atoms with van der Waals surface area (Å²) in [6.45, 7) is 5.37. The summed E-state index contributed by atoms with van der Waals surface area (Å²) in [5, 5.41) is 2.93. The highest BCUT2D eigenvalue weighted by Crippen LogP contribution is 2.36. The van der Waals surface area contributed by atoms with Crippen molar-refractivity contribution in [1.82, 2.24) is 10.2 Å². The van der Waals surface area contributed by atoms with E-state index in [1.807, 2.05) is 18.2 Å². The molecule has 7 heteroatoms. The van der Waals surface area contributed by atoms with Crippen LogP contribution in [0.1, 0.15) is 32.3 Å². The molecule has 1 aliphatic rings. The number of nitrogens with one attached hydrogen (secondary N) is 1. The zero-order valence-electron chi connectivity index (χ0n) is 15.2. The second-order valence-corrected chi connectivity index (χ2v) is 9.04. The summed E-state index contributed by atoms with van der Waals surface area (Å²) in [6, 6.07) is 7.78. The topological polar surface area (TPSA) is 75.7 Å². The standard InChI is InChI=1S/C18H28N2O4S/c1-4-18(2,15-7-5-6-8-16(15)24-3)9-10-19-17(21)20-11-13-25(22,23)14-12-20/h5-8H,4,9-14H2,1-3H3,(H,19,21)/t18-/m1/s1. The summed E-state index contributed by atoms with van der Waals surface area (Å²) in [7, 11) is -1.31. The number of benzene rings is 1. The molecule has 1 saturated heterocycles. The highest BCUT2D eigenvalue weighted by Gasteiger charge is 2.29. The quantitative estimate of drug-likeness (QED) is 0.835. The van der Waals surface area contributed by atoms with E-state index >= 15 is 0 Å². The Kier molecular flexibility index (Phi) is 6.32. The number of carbonyl (C=O) groups is 1. The molecular weight excluding hydrogens is 340 g/mol. The SMILES string of the molecule is CC[C@](C)(CCNC(=O)N1CCS(=O)(=O)CC1)c1ccccc1OC. The Bertz CT molecular complexity index is 691. The highest BCUT2D eigenvalue weighted by molar-refractivity contribution is 7.91. The van der Waals surface area contributed by atoms with Crippen LogP contribution in [0.2, 0.25) is 0 Å². The van der Waals surface area contributed by atoms with Gasteiger partial charge < -0.3 is 15.0 Å². The number of carbonyl (C=O) groups excluding carboxylic acids is 1. The predicted octanol–water partition coefficient (Wildman–Crippen LogP) is 2.19. The van der Waals surface area contributed by atoms with Gasteiger partial charge in [0.15, 0.2) is 9.84 Å². The van der Waals surface area contributed by atoms with Gasteiger partial charge in [0.2, 0.25) is 0 Å². The van der Waals surface area contributed by atoms with E-state index < -0.39 is 9.84 Å². The fourth-order valence-corrected chi connectivity index (χ4v) is 4.32. The van der Waals surface area contributed by atoms with Crippen molar-refractivity contribution >= 4 is 15.9 Å². The van der Waals surface area contributed by atoms with Crippen LogP contribution in [-0.4, -0.2) is 57.6 Å². The van der Waals surface area contributed by atoms with Gasteiger partial charge in [0, 0.05) is 25.2 Å². The van der Waals surface area contributed by atoms with Crippen LogP contribution < -0.4 is 10.1 Å². The summed E-state index contributed by atoms with van der Waals surface area (Å²) in [6.07, 6.45) is 1.70. The Morgan fingerprint density at radius 2 is 1.92 bits per heavy atom. The molecular formula is C18H28N2O4S. The van der Waals surface area contributed by atoms with Crippen LogP contribution in [-0.2, 0) is 15.3 Å². The fourth-order valence-electron chi connectivity index (χ4n) is 3.12. The lowest BCUT2D eigenvalue weighted by atomic mass is 9.77. The van der Waals surface area contributed by atoms with Crippen molar-refractivity contribution < 1.29 is 17.9 Å². The number of amides is 2. The van der Waals surface area contributed by atoms with E-state index in [9.17, 15) is 13.2 Å². The van der Waals surface area contributed by atoms with E-state index in [4.69, 9.17) is 4.74 Å². The summed E-state index contributed by atoms with van der Waals surface area (Å²) in [5.41, 5.74) is 1.03. The number of rotatable bonds is 6. The Hall–Kier alpha value is -1.76. The van der Waals surface area contributed by atoms with Crippen molar-refractivity contribution in [2.45, 2.75) is 32.1 Å². The van der Waals surface area contributed by atoms with Gasteiger partial charge >= 0.3 is 6.03 Å². The minimum Gasteiger partial charge on any atom is -0.496 e. The van der Waals surface area contributed by atoms with Crippen molar-refractivity contribution in [1.29, 1.82) is 0 Å². The highest BCUT2D eigenvalue weighted by atomic mass is 32.2. The molecule has 0 unspecified atom stereocenters. The van der Waals surface area contributed by atoms with Crippen LogP contribution in [0, 0.1) is 0 Å². The molecule has 0 aliphatic carbocycles. The van der Waals surface area contributed by atoms with Gasteiger partial charge in [-0.2, -0.15) is 0 Å². The zero-order chi connectivity index (χ0) is 18.5. The molecule has 0 radical (unpaired) electrons. The molecule has 1 aromatic carbocycles. The van der Waals surface area contributed by atoms with Crippen LogP contribution >= 0.6 is 0 Å². The molecule has 6 nitrogen and oxygen atoms in total. The van der Waals surface area contributed by atoms with E-state index in [0.717, 1.165) is 24.2 Å². The third-order valence-corrected chi connectivity index (χ3v) is 6.73. The third kappa shape index (κ3) is 4.87. The maximum absolute atomic E-state index is 12.2. The molecule has 140 valence electrons. The third-order valence-electron chi connectivity index (χ3n) is 5.12. The smallest absolute Gasteiger partial charge is 0.317 e. The normalized spacial score (nSPS) is 19.1. The van der Waals surface area contributed by atoms with Gasteiger partial charge in [-0.1, -0.05) is 32.0 Å². The Balaban J connectivity index is 1.93. The Labute approximate surface area is 150 Å². The maximum Gasteiger partial charge on any atom is 0.317 e. The van der Waals surface area contributed by atoms with Crippen molar-refractivity contribution in [3.8, 4) is 5.75 Å². The first kappa shape index (κ1) is 19.6. The number of ether oxygens (including phenoxy) is 1. The Morgan fingerprint density at radius 3 is 2.52 bits per heavy atom. The van der Waals surface area contributed by atoms with Gasteiger partial charge in [-0.3, -0.25) is 0 Å². The molecule has 25 heavy (non-hydrogen) atoms. The van der Waals surface area contributed by atoms with Crippen molar-refractivity contribution in [3.63, 3.8) is 0 Å². The lowest BCUT2D eigenvalue weighted by Crippen LogP contribution is -2.48. The first-order chi connectivity index (χ1) is 11.8. The molecule has 1 aliphatic heterocycles. The number of sulfone groups is 1. The molecule has 1 atom stereocenters. The summed E-state index contributed by atoms with van der Waals surface area (Å²) in [5.74, 6) is 0.960. The van der Waals surface area contributed by atoms with Gasteiger partial charge in [-0.05, 0) is 24.3 Å². The predicted molar refractivity (Wildman–Crippen MR) is 98.9 cm³/mol. The van der Waals surface area contributed by atoms with E-state index in [-0.39, 0.29) is 36.0 Å². The van der Waals surface area contributed by atoms with Gasteiger partial charge in [-0.15, -0.1) is 0 Å². The number of hydrogen-bond donors (Lipinski definition) is 1. The van der Waals surface area contributed by atoms with Gasteiger partial charge in [-0.25, -0.2) is 13.2 Å². The van der Waals surface area contributed by atoms with Crippen LogP contribution in [0.3, 0.4) is 0 Å². The molecule has 1 fully saturated rings. The first-order valence-electron chi connectivity index (χ1n) is 8.68. The summed E-state index contributed by atoms with van der Waals surface area (Å²) >= 11 is 0. The summed E-state index contributed by atoms with van der Waals surface area (Å²) < 4.78 is 28.4. The molecule has 1 N–H and O–H groups in total. The van der Waals surface area contributed by atoms with Crippen LogP contribution in [0.25, 0.3) is 0 Å². The number of hydrogen-bond acceptors (Lipinski definition) is 4. The van der Waals surface area contributed by atoms with E-state index in [2.05, 4.69) is 25.2 Å². The second kappa shape index (κ2) is 8.08. The lowest BCUT2D eigenvalue weighted by Gasteiger charge is -2.31. The van der Waals surface area contributed by atoms with Crippen LogP contribution in [0.15, 0.2) is 24.3 Å². The first-order valence-corrected chi connectivity index (χ1v) is 10.5. The van der Waals surface area contributed by atoms with E-state index in [1.54, 1.807) is 12.0 Å². The molecule has 1 aromatic rings. The largest absolute Gasteiger partial charge is 0.496 e. The fraction of sp³-hybridized carbons (Fsp3) is 0.611. The molecule has 0 bridgehead atoms. The maximum atomic E-state index is 12.2. The van der Waals surface area contributed by atoms with Crippen molar-refractivity contribution in [3.05, 3.63) is 29.8 Å². The van der Waals surface area contributed by atoms with Gasteiger partial charge in [0.25, 0.3) is 0 Å². The molecule has 2 amide bonds.